The summed E-state index contributed by atoms with van der Waals surface area (Å²) in [7, 11) is 0. The van der Waals surface area contributed by atoms with Gasteiger partial charge in [0.05, 0.1) is 0 Å². The summed E-state index contributed by atoms with van der Waals surface area (Å²) in [6.45, 7) is 2.01. The fourth-order valence-corrected chi connectivity index (χ4v) is 1.34. The number of para-hydroxylation sites is 1. The van der Waals surface area contributed by atoms with Gasteiger partial charge in [-0.3, -0.25) is 0 Å². The molecule has 0 aliphatic heterocycles. The zero-order chi connectivity index (χ0) is 11.6. The highest BCUT2D eigenvalue weighted by molar-refractivity contribution is 5.85. The van der Waals surface area contributed by atoms with Gasteiger partial charge in [0.2, 0.25) is 0 Å². The predicted octanol–water partition coefficient (Wildman–Crippen LogP) is 1.59. The molecular weight excluding hydrogens is 238 g/mol. The summed E-state index contributed by atoms with van der Waals surface area (Å²) in [6, 6.07) is 7.78. The first-order valence-corrected chi connectivity index (χ1v) is 5.34. The summed E-state index contributed by atoms with van der Waals surface area (Å²) in [6.07, 6.45) is 5.91. The number of terminal acetylenes is 1. The SMILES string of the molecule is C#CCOc1ccccc1CNCCCO.Cl. The van der Waals surface area contributed by atoms with Crippen LogP contribution in [0.1, 0.15) is 12.0 Å². The van der Waals surface area contributed by atoms with Crippen LogP contribution in [0, 0.1) is 12.3 Å². The molecule has 0 aromatic heterocycles. The summed E-state index contributed by atoms with van der Waals surface area (Å²) in [5, 5.41) is 11.9. The van der Waals surface area contributed by atoms with E-state index in [0.29, 0.717) is 0 Å². The van der Waals surface area contributed by atoms with E-state index < -0.39 is 0 Å². The van der Waals surface area contributed by atoms with Crippen LogP contribution < -0.4 is 10.1 Å². The molecule has 0 unspecified atom stereocenters. The van der Waals surface area contributed by atoms with Gasteiger partial charge >= 0.3 is 0 Å². The van der Waals surface area contributed by atoms with Crippen LogP contribution in [0.5, 0.6) is 5.75 Å². The Balaban J connectivity index is 0.00000256. The lowest BCUT2D eigenvalue weighted by molar-refractivity contribution is 0.285. The van der Waals surface area contributed by atoms with E-state index in [0.717, 1.165) is 30.8 Å². The Morgan fingerprint density at radius 1 is 1.35 bits per heavy atom. The fourth-order valence-electron chi connectivity index (χ4n) is 1.34. The van der Waals surface area contributed by atoms with Crippen molar-refractivity contribution in [3.8, 4) is 18.1 Å². The van der Waals surface area contributed by atoms with Crippen molar-refractivity contribution >= 4 is 12.4 Å². The Labute approximate surface area is 109 Å². The number of nitrogens with one attached hydrogen (secondary N) is 1. The van der Waals surface area contributed by atoms with Crippen molar-refractivity contribution in [1.82, 2.24) is 5.32 Å². The maximum absolute atomic E-state index is 8.65. The standard InChI is InChI=1S/C13H17NO2.ClH/c1-2-10-16-13-7-4-3-6-12(13)11-14-8-5-9-15;/h1,3-4,6-7,14-15H,5,8-11H2;1H. The lowest BCUT2D eigenvalue weighted by atomic mass is 10.2. The quantitative estimate of drug-likeness (QED) is 0.574. The molecule has 0 aliphatic carbocycles. The lowest BCUT2D eigenvalue weighted by Crippen LogP contribution is -2.16. The maximum Gasteiger partial charge on any atom is 0.148 e. The van der Waals surface area contributed by atoms with Crippen molar-refractivity contribution in [2.45, 2.75) is 13.0 Å². The van der Waals surface area contributed by atoms with E-state index in [4.69, 9.17) is 16.3 Å². The largest absolute Gasteiger partial charge is 0.481 e. The summed E-state index contributed by atoms with van der Waals surface area (Å²) >= 11 is 0. The van der Waals surface area contributed by atoms with Crippen LogP contribution in [0.4, 0.5) is 0 Å². The number of hydrogen-bond acceptors (Lipinski definition) is 3. The number of aliphatic hydroxyl groups is 1. The zero-order valence-electron chi connectivity index (χ0n) is 9.69. The number of aliphatic hydroxyl groups excluding tert-OH is 1. The van der Waals surface area contributed by atoms with E-state index >= 15 is 0 Å². The molecule has 94 valence electrons. The van der Waals surface area contributed by atoms with Gasteiger partial charge in [0.1, 0.15) is 12.4 Å². The summed E-state index contributed by atoms with van der Waals surface area (Å²) in [5.74, 6) is 3.26. The normalized spacial score (nSPS) is 9.18. The van der Waals surface area contributed by atoms with Crippen LogP contribution in [0.2, 0.25) is 0 Å². The molecule has 1 rings (SSSR count). The number of halogens is 1. The van der Waals surface area contributed by atoms with Crippen LogP contribution in [-0.2, 0) is 6.54 Å². The van der Waals surface area contributed by atoms with Crippen LogP contribution >= 0.6 is 12.4 Å². The molecule has 0 radical (unpaired) electrons. The van der Waals surface area contributed by atoms with Crippen molar-refractivity contribution in [2.24, 2.45) is 0 Å². The van der Waals surface area contributed by atoms with Gasteiger partial charge in [0, 0.05) is 18.7 Å². The van der Waals surface area contributed by atoms with E-state index in [1.807, 2.05) is 24.3 Å². The molecule has 1 aromatic carbocycles. The third-order valence-electron chi connectivity index (χ3n) is 2.11. The second-order valence-electron chi connectivity index (χ2n) is 3.35. The molecule has 2 N–H and O–H groups in total. The molecule has 1 aromatic rings. The number of ether oxygens (including phenoxy) is 1. The van der Waals surface area contributed by atoms with E-state index in [1.165, 1.54) is 0 Å². The Morgan fingerprint density at radius 3 is 2.82 bits per heavy atom. The number of rotatable bonds is 7. The molecule has 17 heavy (non-hydrogen) atoms. The second-order valence-corrected chi connectivity index (χ2v) is 3.35. The zero-order valence-corrected chi connectivity index (χ0v) is 10.5. The average molecular weight is 256 g/mol. The van der Waals surface area contributed by atoms with Crippen molar-refractivity contribution in [2.75, 3.05) is 19.8 Å². The highest BCUT2D eigenvalue weighted by Crippen LogP contribution is 2.17. The molecule has 0 amide bonds. The van der Waals surface area contributed by atoms with Gasteiger partial charge < -0.3 is 15.2 Å². The average Bonchev–Trinajstić information content (AvgIpc) is 2.33. The van der Waals surface area contributed by atoms with Crippen molar-refractivity contribution < 1.29 is 9.84 Å². The smallest absolute Gasteiger partial charge is 0.148 e. The van der Waals surface area contributed by atoms with Crippen LogP contribution in [-0.4, -0.2) is 24.9 Å². The first-order chi connectivity index (χ1) is 7.88. The van der Waals surface area contributed by atoms with E-state index in [1.54, 1.807) is 0 Å². The molecular formula is C13H18ClNO2. The minimum Gasteiger partial charge on any atom is -0.481 e. The molecule has 0 saturated carbocycles. The second kappa shape index (κ2) is 9.98. The Bertz CT molecular complexity index is 350. The first-order valence-electron chi connectivity index (χ1n) is 5.34. The highest BCUT2D eigenvalue weighted by Gasteiger charge is 2.01. The molecule has 0 aliphatic rings. The van der Waals surface area contributed by atoms with Crippen LogP contribution in [0.15, 0.2) is 24.3 Å². The third-order valence-corrected chi connectivity index (χ3v) is 2.11. The fraction of sp³-hybridized carbons (Fsp3) is 0.385. The molecule has 0 saturated heterocycles. The lowest BCUT2D eigenvalue weighted by Gasteiger charge is -2.10. The molecule has 0 bridgehead atoms. The molecule has 3 nitrogen and oxygen atoms in total. The Morgan fingerprint density at radius 2 is 2.12 bits per heavy atom. The van der Waals surface area contributed by atoms with Crippen molar-refractivity contribution in [1.29, 1.82) is 0 Å². The van der Waals surface area contributed by atoms with Gasteiger partial charge in [-0.05, 0) is 19.0 Å². The van der Waals surface area contributed by atoms with Crippen molar-refractivity contribution in [3.63, 3.8) is 0 Å². The maximum atomic E-state index is 8.65. The minimum absolute atomic E-state index is 0. The first kappa shape index (κ1) is 15.8. The van der Waals surface area contributed by atoms with Gasteiger partial charge in [-0.1, -0.05) is 24.1 Å². The topological polar surface area (TPSA) is 41.5 Å². The third kappa shape index (κ3) is 6.18. The minimum atomic E-state index is 0. The van der Waals surface area contributed by atoms with Gasteiger partial charge in [0.15, 0.2) is 0 Å². The molecule has 0 spiro atoms. The number of benzene rings is 1. The monoisotopic (exact) mass is 255 g/mol. The van der Waals surface area contributed by atoms with Gasteiger partial charge in [0.25, 0.3) is 0 Å². The van der Waals surface area contributed by atoms with Crippen LogP contribution in [0.25, 0.3) is 0 Å². The summed E-state index contributed by atoms with van der Waals surface area (Å²) in [4.78, 5) is 0. The molecule has 0 heterocycles. The molecule has 4 heteroatoms. The van der Waals surface area contributed by atoms with Gasteiger partial charge in [-0.15, -0.1) is 18.8 Å². The van der Waals surface area contributed by atoms with Gasteiger partial charge in [-0.25, -0.2) is 0 Å². The Kier molecular flexibility index (Phi) is 9.27. The Hall–Kier alpha value is -1.21. The van der Waals surface area contributed by atoms with Gasteiger partial charge in [-0.2, -0.15) is 0 Å². The predicted molar refractivity (Wildman–Crippen MR) is 71.4 cm³/mol. The van der Waals surface area contributed by atoms with E-state index in [-0.39, 0.29) is 25.6 Å². The molecule has 0 atom stereocenters. The number of hydrogen-bond donors (Lipinski definition) is 2. The van der Waals surface area contributed by atoms with Crippen molar-refractivity contribution in [3.05, 3.63) is 29.8 Å². The summed E-state index contributed by atoms with van der Waals surface area (Å²) in [5.41, 5.74) is 1.08. The summed E-state index contributed by atoms with van der Waals surface area (Å²) < 4.78 is 5.42. The highest BCUT2D eigenvalue weighted by atomic mass is 35.5. The van der Waals surface area contributed by atoms with E-state index in [9.17, 15) is 0 Å². The molecule has 0 fully saturated rings. The van der Waals surface area contributed by atoms with E-state index in [2.05, 4.69) is 11.2 Å². The van der Waals surface area contributed by atoms with Crippen LogP contribution in [0.3, 0.4) is 0 Å².